The highest BCUT2D eigenvalue weighted by molar-refractivity contribution is 7.89. The van der Waals surface area contributed by atoms with Crippen molar-refractivity contribution in [1.82, 2.24) is 4.31 Å². The maximum Gasteiger partial charge on any atom is 0.243 e. The fourth-order valence-corrected chi connectivity index (χ4v) is 4.11. The van der Waals surface area contributed by atoms with E-state index in [1.54, 1.807) is 13.1 Å². The van der Waals surface area contributed by atoms with Gasteiger partial charge >= 0.3 is 0 Å². The van der Waals surface area contributed by atoms with Gasteiger partial charge in [-0.1, -0.05) is 13.0 Å². The molecule has 2 unspecified atom stereocenters. The number of rotatable bonds is 5. The Kier molecular flexibility index (Phi) is 4.23. The number of nitrogens with two attached hydrogens (primary N) is 1. The summed E-state index contributed by atoms with van der Waals surface area (Å²) in [6.07, 6.45) is 1.13. The van der Waals surface area contributed by atoms with E-state index < -0.39 is 10.0 Å². The van der Waals surface area contributed by atoms with Crippen LogP contribution in [-0.4, -0.2) is 26.3 Å². The Hall–Kier alpha value is -0.910. The fraction of sp³-hybridized carbons (Fsp3) is 0.600. The summed E-state index contributed by atoms with van der Waals surface area (Å²) in [5, 5.41) is 0. The second-order valence-electron chi connectivity index (χ2n) is 6.00. The average molecular weight is 296 g/mol. The number of benzene rings is 1. The number of sulfonamides is 1. The van der Waals surface area contributed by atoms with Crippen LogP contribution in [0.15, 0.2) is 17.0 Å². The molecule has 0 bridgehead atoms. The van der Waals surface area contributed by atoms with Crippen molar-refractivity contribution in [3.8, 4) is 0 Å². The third-order valence-electron chi connectivity index (χ3n) is 4.37. The molecule has 2 N–H and O–H groups in total. The predicted octanol–water partition coefficient (Wildman–Crippen LogP) is 2.04. The SMILES string of the molecule is Cc1cc(CN)cc(S(=O)(=O)N(C)CC2CC2C)c1C. The van der Waals surface area contributed by atoms with E-state index in [2.05, 4.69) is 6.92 Å². The largest absolute Gasteiger partial charge is 0.326 e. The Morgan fingerprint density at radius 2 is 1.95 bits per heavy atom. The highest BCUT2D eigenvalue weighted by Gasteiger charge is 2.36. The number of hydrogen-bond donors (Lipinski definition) is 1. The van der Waals surface area contributed by atoms with E-state index >= 15 is 0 Å². The molecule has 1 aliphatic rings. The standard InChI is InChI=1S/C15H24N2O2S/c1-10-5-13(8-16)7-15(12(10)3)20(18,19)17(4)9-14-6-11(14)2/h5,7,11,14H,6,8-9,16H2,1-4H3. The van der Waals surface area contributed by atoms with E-state index in [1.807, 2.05) is 19.9 Å². The Morgan fingerprint density at radius 3 is 2.45 bits per heavy atom. The topological polar surface area (TPSA) is 63.4 Å². The molecule has 4 nitrogen and oxygen atoms in total. The predicted molar refractivity (Wildman–Crippen MR) is 80.9 cm³/mol. The van der Waals surface area contributed by atoms with E-state index in [0.717, 1.165) is 23.1 Å². The van der Waals surface area contributed by atoms with Gasteiger partial charge in [-0.05, 0) is 54.9 Å². The summed E-state index contributed by atoms with van der Waals surface area (Å²) in [5.74, 6) is 1.15. The lowest BCUT2D eigenvalue weighted by atomic mass is 10.1. The van der Waals surface area contributed by atoms with Gasteiger partial charge in [-0.25, -0.2) is 12.7 Å². The van der Waals surface area contributed by atoms with Crippen LogP contribution in [0.1, 0.15) is 30.0 Å². The molecule has 0 aromatic heterocycles. The van der Waals surface area contributed by atoms with Crippen LogP contribution in [0.5, 0.6) is 0 Å². The van der Waals surface area contributed by atoms with E-state index in [1.165, 1.54) is 4.31 Å². The van der Waals surface area contributed by atoms with Crippen LogP contribution in [0, 0.1) is 25.7 Å². The Morgan fingerprint density at radius 1 is 1.35 bits per heavy atom. The summed E-state index contributed by atoms with van der Waals surface area (Å²) in [6, 6.07) is 3.67. The lowest BCUT2D eigenvalue weighted by molar-refractivity contribution is 0.444. The quantitative estimate of drug-likeness (QED) is 0.904. The molecule has 2 rings (SSSR count). The minimum atomic E-state index is -3.43. The molecule has 112 valence electrons. The summed E-state index contributed by atoms with van der Waals surface area (Å²) in [4.78, 5) is 0.397. The second-order valence-corrected chi connectivity index (χ2v) is 8.01. The Balaban J connectivity index is 2.35. The minimum Gasteiger partial charge on any atom is -0.326 e. The van der Waals surface area contributed by atoms with Gasteiger partial charge < -0.3 is 5.73 Å². The second kappa shape index (κ2) is 5.47. The Labute approximate surface area is 122 Å². The van der Waals surface area contributed by atoms with Gasteiger partial charge in [-0.2, -0.15) is 0 Å². The van der Waals surface area contributed by atoms with Gasteiger partial charge in [0.2, 0.25) is 10.0 Å². The van der Waals surface area contributed by atoms with Crippen molar-refractivity contribution in [2.45, 2.75) is 38.6 Å². The van der Waals surface area contributed by atoms with Crippen molar-refractivity contribution in [3.63, 3.8) is 0 Å². The van der Waals surface area contributed by atoms with Crippen LogP contribution >= 0.6 is 0 Å². The van der Waals surface area contributed by atoms with Gasteiger partial charge in [0.15, 0.2) is 0 Å². The van der Waals surface area contributed by atoms with E-state index in [-0.39, 0.29) is 0 Å². The summed E-state index contributed by atoms with van der Waals surface area (Å²) in [5.41, 5.74) is 8.31. The van der Waals surface area contributed by atoms with Crippen molar-refractivity contribution < 1.29 is 8.42 Å². The lowest BCUT2D eigenvalue weighted by Gasteiger charge is -2.20. The van der Waals surface area contributed by atoms with Crippen molar-refractivity contribution in [1.29, 1.82) is 0 Å². The molecule has 20 heavy (non-hydrogen) atoms. The summed E-state index contributed by atoms with van der Waals surface area (Å²) in [7, 11) is -1.75. The van der Waals surface area contributed by atoms with Crippen LogP contribution in [0.25, 0.3) is 0 Å². The highest BCUT2D eigenvalue weighted by Crippen LogP contribution is 2.39. The van der Waals surface area contributed by atoms with Crippen LogP contribution < -0.4 is 5.73 Å². The molecular weight excluding hydrogens is 272 g/mol. The molecule has 1 aromatic carbocycles. The van der Waals surface area contributed by atoms with Gasteiger partial charge in [0.25, 0.3) is 0 Å². The monoisotopic (exact) mass is 296 g/mol. The molecule has 0 amide bonds. The third-order valence-corrected chi connectivity index (χ3v) is 6.32. The maximum absolute atomic E-state index is 12.7. The molecular formula is C15H24N2O2S. The molecule has 1 saturated carbocycles. The molecule has 0 aliphatic heterocycles. The number of hydrogen-bond acceptors (Lipinski definition) is 3. The molecule has 0 radical (unpaired) electrons. The van der Waals surface area contributed by atoms with Gasteiger partial charge in [0, 0.05) is 20.1 Å². The maximum atomic E-state index is 12.7. The number of aryl methyl sites for hydroxylation is 1. The summed E-state index contributed by atoms with van der Waals surface area (Å²) >= 11 is 0. The third kappa shape index (κ3) is 2.90. The molecule has 5 heteroatoms. The fourth-order valence-electron chi connectivity index (χ4n) is 2.53. The van der Waals surface area contributed by atoms with E-state index in [4.69, 9.17) is 5.73 Å². The highest BCUT2D eigenvalue weighted by atomic mass is 32.2. The van der Waals surface area contributed by atoms with Crippen molar-refractivity contribution in [2.24, 2.45) is 17.6 Å². The van der Waals surface area contributed by atoms with Crippen LogP contribution in [0.3, 0.4) is 0 Å². The summed E-state index contributed by atoms with van der Waals surface area (Å²) in [6.45, 7) is 6.91. The molecule has 0 spiro atoms. The first-order chi connectivity index (χ1) is 9.27. The van der Waals surface area contributed by atoms with Crippen LogP contribution in [0.2, 0.25) is 0 Å². The average Bonchev–Trinajstić information content (AvgIpc) is 3.07. The van der Waals surface area contributed by atoms with Gasteiger partial charge in [-0.15, -0.1) is 0 Å². The van der Waals surface area contributed by atoms with Crippen LogP contribution in [-0.2, 0) is 16.6 Å². The normalized spacial score (nSPS) is 22.3. The zero-order valence-corrected chi connectivity index (χ0v) is 13.5. The first-order valence-electron chi connectivity index (χ1n) is 7.04. The van der Waals surface area contributed by atoms with Gasteiger partial charge in [0.1, 0.15) is 0 Å². The van der Waals surface area contributed by atoms with Crippen molar-refractivity contribution >= 4 is 10.0 Å². The molecule has 1 aromatic rings. The first kappa shape index (κ1) is 15.5. The zero-order valence-electron chi connectivity index (χ0n) is 12.7. The molecule has 1 aliphatic carbocycles. The lowest BCUT2D eigenvalue weighted by Crippen LogP contribution is -2.30. The van der Waals surface area contributed by atoms with Gasteiger partial charge in [0.05, 0.1) is 4.90 Å². The summed E-state index contributed by atoms with van der Waals surface area (Å²) < 4.78 is 26.9. The molecule has 2 atom stereocenters. The van der Waals surface area contributed by atoms with Gasteiger partial charge in [-0.3, -0.25) is 0 Å². The number of nitrogens with zero attached hydrogens (tertiary/aromatic N) is 1. The minimum absolute atomic E-state index is 0.354. The van der Waals surface area contributed by atoms with Crippen molar-refractivity contribution in [2.75, 3.05) is 13.6 Å². The molecule has 0 heterocycles. The van der Waals surface area contributed by atoms with Crippen LogP contribution in [0.4, 0.5) is 0 Å². The van der Waals surface area contributed by atoms with E-state index in [9.17, 15) is 8.42 Å². The smallest absolute Gasteiger partial charge is 0.243 e. The molecule has 0 saturated heterocycles. The first-order valence-corrected chi connectivity index (χ1v) is 8.48. The van der Waals surface area contributed by atoms with E-state index in [0.29, 0.717) is 29.8 Å². The zero-order chi connectivity index (χ0) is 15.1. The van der Waals surface area contributed by atoms with Crippen molar-refractivity contribution in [3.05, 3.63) is 28.8 Å². The molecule has 1 fully saturated rings. The Bertz CT molecular complexity index is 611.